The molecule has 0 aromatic carbocycles. The Kier molecular flexibility index (Phi) is 5.80. The molecule has 1 unspecified atom stereocenters. The number of esters is 1. The standard InChI is InChI=1S/C9H14O4/c1-7(10)4-5-9(11)13-8(2)6-12-3/h4-5,8H,6H2,1-3H3/b5-4-. The van der Waals surface area contributed by atoms with E-state index in [2.05, 4.69) is 0 Å². The van der Waals surface area contributed by atoms with E-state index < -0.39 is 5.97 Å². The van der Waals surface area contributed by atoms with Crippen LogP contribution in [0.1, 0.15) is 13.8 Å². The molecule has 0 aliphatic carbocycles. The summed E-state index contributed by atoms with van der Waals surface area (Å²) in [5, 5.41) is 0. The molecule has 0 aliphatic heterocycles. The molecule has 0 amide bonds. The van der Waals surface area contributed by atoms with Crippen LogP contribution in [0.15, 0.2) is 12.2 Å². The van der Waals surface area contributed by atoms with E-state index in [0.717, 1.165) is 6.08 Å². The summed E-state index contributed by atoms with van der Waals surface area (Å²) in [5.41, 5.74) is 0. The van der Waals surface area contributed by atoms with Gasteiger partial charge in [0.1, 0.15) is 6.10 Å². The van der Waals surface area contributed by atoms with Crippen LogP contribution in [0.2, 0.25) is 0 Å². The molecule has 0 saturated carbocycles. The summed E-state index contributed by atoms with van der Waals surface area (Å²) in [6.45, 7) is 3.42. The quantitative estimate of drug-likeness (QED) is 0.468. The van der Waals surface area contributed by atoms with Crippen molar-refractivity contribution in [3.63, 3.8) is 0 Å². The molecule has 0 radical (unpaired) electrons. The summed E-state index contributed by atoms with van der Waals surface area (Å²) in [7, 11) is 1.52. The van der Waals surface area contributed by atoms with Crippen molar-refractivity contribution in [3.05, 3.63) is 12.2 Å². The molecule has 4 nitrogen and oxygen atoms in total. The third kappa shape index (κ3) is 7.21. The number of methoxy groups -OCH3 is 1. The normalized spacial score (nSPS) is 12.8. The van der Waals surface area contributed by atoms with Gasteiger partial charge in [-0.1, -0.05) is 0 Å². The Morgan fingerprint density at radius 2 is 2.00 bits per heavy atom. The molecule has 0 aliphatic rings. The van der Waals surface area contributed by atoms with Gasteiger partial charge in [-0.3, -0.25) is 4.79 Å². The van der Waals surface area contributed by atoms with Crippen molar-refractivity contribution in [3.8, 4) is 0 Å². The molecular formula is C9H14O4. The summed E-state index contributed by atoms with van der Waals surface area (Å²) in [4.78, 5) is 21.4. The second kappa shape index (κ2) is 6.37. The minimum atomic E-state index is -0.528. The summed E-state index contributed by atoms with van der Waals surface area (Å²) >= 11 is 0. The highest BCUT2D eigenvalue weighted by Gasteiger charge is 2.05. The first-order valence-electron chi connectivity index (χ1n) is 3.94. The summed E-state index contributed by atoms with van der Waals surface area (Å²) < 4.78 is 9.60. The average Bonchev–Trinajstić information content (AvgIpc) is 2.01. The van der Waals surface area contributed by atoms with Crippen LogP contribution < -0.4 is 0 Å². The first-order chi connectivity index (χ1) is 6.06. The Morgan fingerprint density at radius 3 is 2.46 bits per heavy atom. The minimum absolute atomic E-state index is 0.184. The van der Waals surface area contributed by atoms with Gasteiger partial charge in [0.2, 0.25) is 0 Å². The number of rotatable bonds is 5. The fraction of sp³-hybridized carbons (Fsp3) is 0.556. The van der Waals surface area contributed by atoms with E-state index in [-0.39, 0.29) is 11.9 Å². The third-order valence-electron chi connectivity index (χ3n) is 1.17. The minimum Gasteiger partial charge on any atom is -0.457 e. The van der Waals surface area contributed by atoms with Crippen molar-refractivity contribution in [1.29, 1.82) is 0 Å². The highest BCUT2D eigenvalue weighted by atomic mass is 16.6. The van der Waals surface area contributed by atoms with Gasteiger partial charge in [-0.25, -0.2) is 4.79 Å². The van der Waals surface area contributed by atoms with E-state index in [9.17, 15) is 9.59 Å². The van der Waals surface area contributed by atoms with E-state index in [4.69, 9.17) is 9.47 Å². The predicted octanol–water partition coefficient (Wildman–Crippen LogP) is 0.710. The smallest absolute Gasteiger partial charge is 0.331 e. The lowest BCUT2D eigenvalue weighted by Gasteiger charge is -2.09. The van der Waals surface area contributed by atoms with Gasteiger partial charge >= 0.3 is 5.97 Å². The second-order valence-electron chi connectivity index (χ2n) is 2.65. The van der Waals surface area contributed by atoms with Crippen molar-refractivity contribution in [1.82, 2.24) is 0 Å². The number of allylic oxidation sites excluding steroid dienone is 1. The maximum Gasteiger partial charge on any atom is 0.331 e. The van der Waals surface area contributed by atoms with Gasteiger partial charge in [-0.15, -0.1) is 0 Å². The SMILES string of the molecule is COCC(C)OC(=O)/C=C\C(C)=O. The third-order valence-corrected chi connectivity index (χ3v) is 1.17. The summed E-state index contributed by atoms with van der Waals surface area (Å²) in [6, 6.07) is 0. The van der Waals surface area contributed by atoms with Gasteiger partial charge in [0.15, 0.2) is 5.78 Å². The van der Waals surface area contributed by atoms with E-state index in [1.165, 1.54) is 20.1 Å². The average molecular weight is 186 g/mol. The molecule has 0 heterocycles. The largest absolute Gasteiger partial charge is 0.457 e. The van der Waals surface area contributed by atoms with Gasteiger partial charge < -0.3 is 9.47 Å². The van der Waals surface area contributed by atoms with Gasteiger partial charge in [-0.2, -0.15) is 0 Å². The zero-order chi connectivity index (χ0) is 10.3. The zero-order valence-electron chi connectivity index (χ0n) is 8.07. The van der Waals surface area contributed by atoms with Crippen LogP contribution in [0.25, 0.3) is 0 Å². The Hall–Kier alpha value is -1.16. The highest BCUT2D eigenvalue weighted by Crippen LogP contribution is 1.93. The lowest BCUT2D eigenvalue weighted by Crippen LogP contribution is -2.18. The number of hydrogen-bond donors (Lipinski definition) is 0. The Labute approximate surface area is 77.5 Å². The number of carbonyl (C=O) groups is 2. The molecule has 0 saturated heterocycles. The van der Waals surface area contributed by atoms with Gasteiger partial charge in [0.05, 0.1) is 6.61 Å². The van der Waals surface area contributed by atoms with Crippen molar-refractivity contribution >= 4 is 11.8 Å². The molecule has 0 bridgehead atoms. The maximum atomic E-state index is 10.9. The molecule has 1 atom stereocenters. The van der Waals surface area contributed by atoms with Crippen LogP contribution in [0, 0.1) is 0 Å². The summed E-state index contributed by atoms with van der Waals surface area (Å²) in [5.74, 6) is -0.712. The highest BCUT2D eigenvalue weighted by molar-refractivity contribution is 5.94. The second-order valence-corrected chi connectivity index (χ2v) is 2.65. The van der Waals surface area contributed by atoms with E-state index in [0.29, 0.717) is 6.61 Å². The summed E-state index contributed by atoms with van der Waals surface area (Å²) in [6.07, 6.45) is 1.98. The fourth-order valence-corrected chi connectivity index (χ4v) is 0.692. The first kappa shape index (κ1) is 11.8. The lowest BCUT2D eigenvalue weighted by molar-refractivity contribution is -0.144. The maximum absolute atomic E-state index is 10.9. The Morgan fingerprint density at radius 1 is 1.38 bits per heavy atom. The van der Waals surface area contributed by atoms with Crippen molar-refractivity contribution < 1.29 is 19.1 Å². The van der Waals surface area contributed by atoms with E-state index in [1.807, 2.05) is 0 Å². The van der Waals surface area contributed by atoms with Gasteiger partial charge in [0.25, 0.3) is 0 Å². The molecule has 0 aromatic heterocycles. The molecule has 74 valence electrons. The molecule has 0 rings (SSSR count). The van der Waals surface area contributed by atoms with Gasteiger partial charge in [0, 0.05) is 13.2 Å². The Bertz CT molecular complexity index is 208. The number of ketones is 1. The molecular weight excluding hydrogens is 172 g/mol. The molecule has 13 heavy (non-hydrogen) atoms. The first-order valence-corrected chi connectivity index (χ1v) is 3.94. The fourth-order valence-electron chi connectivity index (χ4n) is 0.692. The number of ether oxygens (including phenoxy) is 2. The van der Waals surface area contributed by atoms with Crippen LogP contribution >= 0.6 is 0 Å². The van der Waals surface area contributed by atoms with Crippen LogP contribution in [0.3, 0.4) is 0 Å². The molecule has 0 aromatic rings. The van der Waals surface area contributed by atoms with Crippen LogP contribution in [-0.2, 0) is 19.1 Å². The lowest BCUT2D eigenvalue weighted by atomic mass is 10.4. The molecule has 4 heteroatoms. The number of hydrogen-bond acceptors (Lipinski definition) is 4. The van der Waals surface area contributed by atoms with Crippen molar-refractivity contribution in [2.45, 2.75) is 20.0 Å². The topological polar surface area (TPSA) is 52.6 Å². The molecule has 0 fully saturated rings. The van der Waals surface area contributed by atoms with E-state index in [1.54, 1.807) is 6.92 Å². The predicted molar refractivity (Wildman–Crippen MR) is 47.3 cm³/mol. The van der Waals surface area contributed by atoms with Crippen LogP contribution in [0.5, 0.6) is 0 Å². The van der Waals surface area contributed by atoms with Crippen LogP contribution in [0.4, 0.5) is 0 Å². The monoisotopic (exact) mass is 186 g/mol. The van der Waals surface area contributed by atoms with Crippen molar-refractivity contribution in [2.24, 2.45) is 0 Å². The van der Waals surface area contributed by atoms with E-state index >= 15 is 0 Å². The van der Waals surface area contributed by atoms with Gasteiger partial charge in [-0.05, 0) is 19.9 Å². The number of carbonyl (C=O) groups excluding carboxylic acids is 2. The molecule has 0 N–H and O–H groups in total. The molecule has 0 spiro atoms. The zero-order valence-corrected chi connectivity index (χ0v) is 8.07. The Balaban J connectivity index is 3.80. The van der Waals surface area contributed by atoms with Crippen molar-refractivity contribution in [2.75, 3.05) is 13.7 Å². The van der Waals surface area contributed by atoms with Crippen LogP contribution in [-0.4, -0.2) is 31.6 Å².